The molecular weight excluding hydrogens is 204 g/mol. The Hall–Kier alpha value is -1.84. The Morgan fingerprint density at radius 3 is 2.69 bits per heavy atom. The Kier molecular flexibility index (Phi) is 2.42. The summed E-state index contributed by atoms with van der Waals surface area (Å²) in [5, 5.41) is 0. The Balaban J connectivity index is 2.52. The van der Waals surface area contributed by atoms with Gasteiger partial charge in [0.15, 0.2) is 0 Å². The second kappa shape index (κ2) is 3.63. The quantitative estimate of drug-likeness (QED) is 0.704. The number of fused-ring (bicyclic) bond motifs is 1. The Labute approximate surface area is 94.5 Å². The molecule has 0 atom stereocenters. The van der Waals surface area contributed by atoms with Gasteiger partial charge in [-0.1, -0.05) is 6.07 Å². The highest BCUT2D eigenvalue weighted by Crippen LogP contribution is 2.25. The molecular formula is C12H14N2O2. The minimum atomic E-state index is -0.0556. The molecule has 1 aromatic rings. The van der Waals surface area contributed by atoms with Gasteiger partial charge in [-0.05, 0) is 17.7 Å². The number of carbonyl (C=O) groups is 2. The molecule has 4 heteroatoms. The van der Waals surface area contributed by atoms with Crippen molar-refractivity contribution >= 4 is 11.8 Å². The summed E-state index contributed by atoms with van der Waals surface area (Å²) in [5.74, 6) is -0.0663. The first-order chi connectivity index (χ1) is 7.52. The maximum absolute atomic E-state index is 11.9. The zero-order chi connectivity index (χ0) is 11.9. The summed E-state index contributed by atoms with van der Waals surface area (Å²) < 4.78 is 0. The first-order valence-electron chi connectivity index (χ1n) is 5.11. The molecule has 2 amide bonds. The first kappa shape index (κ1) is 10.7. The zero-order valence-corrected chi connectivity index (χ0v) is 9.65. The molecule has 0 N–H and O–H groups in total. The van der Waals surface area contributed by atoms with E-state index in [4.69, 9.17) is 0 Å². The van der Waals surface area contributed by atoms with E-state index in [9.17, 15) is 9.59 Å². The predicted octanol–water partition coefficient (Wildman–Crippen LogP) is 0.974. The van der Waals surface area contributed by atoms with Crippen molar-refractivity contribution in [3.63, 3.8) is 0 Å². The maximum atomic E-state index is 11.9. The normalized spacial score (nSPS) is 13.9. The number of nitrogens with zero attached hydrogens (tertiary/aromatic N) is 2. The third-order valence-electron chi connectivity index (χ3n) is 2.79. The summed E-state index contributed by atoms with van der Waals surface area (Å²) in [7, 11) is 5.16. The van der Waals surface area contributed by atoms with E-state index >= 15 is 0 Å². The molecule has 2 rings (SSSR count). The van der Waals surface area contributed by atoms with Crippen molar-refractivity contribution in [3.05, 3.63) is 34.9 Å². The molecule has 0 aromatic heterocycles. The second-order valence-electron chi connectivity index (χ2n) is 4.19. The minimum Gasteiger partial charge on any atom is -0.345 e. The molecule has 0 unspecified atom stereocenters. The van der Waals surface area contributed by atoms with Crippen LogP contribution < -0.4 is 0 Å². The third kappa shape index (κ3) is 1.46. The highest BCUT2D eigenvalue weighted by Gasteiger charge is 2.28. The topological polar surface area (TPSA) is 40.6 Å². The van der Waals surface area contributed by atoms with Crippen LogP contribution in [-0.4, -0.2) is 42.8 Å². The fourth-order valence-electron chi connectivity index (χ4n) is 1.91. The van der Waals surface area contributed by atoms with Crippen LogP contribution in [0, 0.1) is 0 Å². The lowest BCUT2D eigenvalue weighted by Crippen LogP contribution is -2.23. The molecule has 0 aliphatic carbocycles. The summed E-state index contributed by atoms with van der Waals surface area (Å²) in [4.78, 5) is 26.8. The van der Waals surface area contributed by atoms with Gasteiger partial charge in [0.25, 0.3) is 11.8 Å². The van der Waals surface area contributed by atoms with E-state index in [0.717, 1.165) is 5.56 Å². The van der Waals surface area contributed by atoms with E-state index < -0.39 is 0 Å². The fourth-order valence-corrected chi connectivity index (χ4v) is 1.91. The van der Waals surface area contributed by atoms with Crippen LogP contribution in [0.2, 0.25) is 0 Å². The van der Waals surface area contributed by atoms with Crippen LogP contribution in [0.5, 0.6) is 0 Å². The highest BCUT2D eigenvalue weighted by molar-refractivity contribution is 6.04. The molecule has 1 aliphatic rings. The molecule has 0 bridgehead atoms. The van der Waals surface area contributed by atoms with Crippen molar-refractivity contribution in [2.24, 2.45) is 0 Å². The van der Waals surface area contributed by atoms with Gasteiger partial charge >= 0.3 is 0 Å². The van der Waals surface area contributed by atoms with Gasteiger partial charge in [0.05, 0.1) is 0 Å². The predicted molar refractivity (Wildman–Crippen MR) is 60.3 cm³/mol. The van der Waals surface area contributed by atoms with E-state index in [1.54, 1.807) is 44.2 Å². The Bertz CT molecular complexity index is 466. The van der Waals surface area contributed by atoms with Gasteiger partial charge in [-0.15, -0.1) is 0 Å². The van der Waals surface area contributed by atoms with Gasteiger partial charge in [-0.2, -0.15) is 0 Å². The van der Waals surface area contributed by atoms with E-state index in [2.05, 4.69) is 0 Å². The number of hydrogen-bond donors (Lipinski definition) is 0. The van der Waals surface area contributed by atoms with Gasteiger partial charge in [-0.25, -0.2) is 0 Å². The molecule has 0 saturated heterocycles. The molecule has 4 nitrogen and oxygen atoms in total. The van der Waals surface area contributed by atoms with Gasteiger partial charge < -0.3 is 9.80 Å². The standard InChI is InChI=1S/C12H14N2O2/c1-13(2)11(15)8-5-4-6-9-10(8)7-14(3)12(9)16/h4-6H,7H2,1-3H3. The number of carbonyl (C=O) groups excluding carboxylic acids is 2. The average molecular weight is 218 g/mol. The van der Waals surface area contributed by atoms with Crippen molar-refractivity contribution < 1.29 is 9.59 Å². The molecule has 84 valence electrons. The molecule has 16 heavy (non-hydrogen) atoms. The number of hydrogen-bond acceptors (Lipinski definition) is 2. The molecule has 0 radical (unpaired) electrons. The minimum absolute atomic E-state index is 0.0107. The average Bonchev–Trinajstić information content (AvgIpc) is 2.54. The van der Waals surface area contributed by atoms with Gasteiger partial charge in [0, 0.05) is 38.8 Å². The number of amides is 2. The second-order valence-corrected chi connectivity index (χ2v) is 4.19. The van der Waals surface area contributed by atoms with Crippen molar-refractivity contribution in [1.82, 2.24) is 9.80 Å². The van der Waals surface area contributed by atoms with Crippen molar-refractivity contribution in [2.45, 2.75) is 6.54 Å². The molecule has 1 aromatic carbocycles. The van der Waals surface area contributed by atoms with Crippen LogP contribution in [0.1, 0.15) is 26.3 Å². The SMILES string of the molecule is CN(C)C(=O)c1cccc2c1CN(C)C2=O. The van der Waals surface area contributed by atoms with Crippen molar-refractivity contribution in [1.29, 1.82) is 0 Å². The van der Waals surface area contributed by atoms with Gasteiger partial charge in [0.1, 0.15) is 0 Å². The van der Waals surface area contributed by atoms with E-state index in [0.29, 0.717) is 17.7 Å². The summed E-state index contributed by atoms with van der Waals surface area (Å²) >= 11 is 0. The van der Waals surface area contributed by atoms with Crippen molar-refractivity contribution in [3.8, 4) is 0 Å². The molecule has 0 saturated carbocycles. The highest BCUT2D eigenvalue weighted by atomic mass is 16.2. The molecule has 0 spiro atoms. The number of benzene rings is 1. The van der Waals surface area contributed by atoms with Crippen LogP contribution in [-0.2, 0) is 6.54 Å². The summed E-state index contributed by atoms with van der Waals surface area (Å²) in [6, 6.07) is 5.30. The van der Waals surface area contributed by atoms with Crippen LogP contribution >= 0.6 is 0 Å². The zero-order valence-electron chi connectivity index (χ0n) is 9.65. The van der Waals surface area contributed by atoms with E-state index in [-0.39, 0.29) is 11.8 Å². The lowest BCUT2D eigenvalue weighted by atomic mass is 10.0. The Morgan fingerprint density at radius 2 is 2.06 bits per heavy atom. The monoisotopic (exact) mass is 218 g/mol. The largest absolute Gasteiger partial charge is 0.345 e. The molecule has 1 heterocycles. The molecule has 1 aliphatic heterocycles. The Morgan fingerprint density at radius 1 is 1.38 bits per heavy atom. The first-order valence-corrected chi connectivity index (χ1v) is 5.11. The van der Waals surface area contributed by atoms with Gasteiger partial charge in [0.2, 0.25) is 0 Å². The third-order valence-corrected chi connectivity index (χ3v) is 2.79. The van der Waals surface area contributed by atoms with E-state index in [1.807, 2.05) is 0 Å². The lowest BCUT2D eigenvalue weighted by Gasteiger charge is -2.12. The van der Waals surface area contributed by atoms with Crippen LogP contribution in [0.25, 0.3) is 0 Å². The van der Waals surface area contributed by atoms with Crippen LogP contribution in [0.15, 0.2) is 18.2 Å². The van der Waals surface area contributed by atoms with Crippen LogP contribution in [0.3, 0.4) is 0 Å². The lowest BCUT2D eigenvalue weighted by molar-refractivity contribution is 0.0807. The van der Waals surface area contributed by atoms with Gasteiger partial charge in [-0.3, -0.25) is 9.59 Å². The van der Waals surface area contributed by atoms with Crippen LogP contribution in [0.4, 0.5) is 0 Å². The maximum Gasteiger partial charge on any atom is 0.254 e. The van der Waals surface area contributed by atoms with Crippen molar-refractivity contribution in [2.75, 3.05) is 21.1 Å². The summed E-state index contributed by atoms with van der Waals surface area (Å²) in [6.07, 6.45) is 0. The summed E-state index contributed by atoms with van der Waals surface area (Å²) in [5.41, 5.74) is 2.11. The summed E-state index contributed by atoms with van der Waals surface area (Å²) in [6.45, 7) is 0.518. The fraction of sp³-hybridized carbons (Fsp3) is 0.333. The number of rotatable bonds is 1. The smallest absolute Gasteiger partial charge is 0.254 e. The van der Waals surface area contributed by atoms with E-state index in [1.165, 1.54) is 4.90 Å². The molecule has 0 fully saturated rings.